The third-order valence-electron chi connectivity index (χ3n) is 4.19. The summed E-state index contributed by atoms with van der Waals surface area (Å²) in [6.45, 7) is 5.95. The number of para-hydroxylation sites is 2. The van der Waals surface area contributed by atoms with Crippen LogP contribution in [0, 0.1) is 0 Å². The van der Waals surface area contributed by atoms with E-state index < -0.39 is 5.60 Å². The highest BCUT2D eigenvalue weighted by atomic mass is 16.3. The van der Waals surface area contributed by atoms with Gasteiger partial charge in [0.1, 0.15) is 6.04 Å². The number of imidazole rings is 1. The molecule has 1 unspecified atom stereocenters. The predicted octanol–water partition coefficient (Wildman–Crippen LogP) is 2.26. The molecule has 5 heteroatoms. The topological polar surface area (TPSA) is 67.2 Å². The molecule has 0 saturated heterocycles. The monoisotopic (exact) mass is 289 g/mol. The van der Waals surface area contributed by atoms with Gasteiger partial charge in [0.15, 0.2) is 0 Å². The highest BCUT2D eigenvalue weighted by Crippen LogP contribution is 2.18. The van der Waals surface area contributed by atoms with Crippen LogP contribution in [0.4, 0.5) is 0 Å². The van der Waals surface area contributed by atoms with Crippen LogP contribution in [0.15, 0.2) is 30.6 Å². The van der Waals surface area contributed by atoms with Gasteiger partial charge in [0.05, 0.1) is 23.0 Å². The molecule has 0 bridgehead atoms. The minimum atomic E-state index is -0.827. The molecule has 0 saturated carbocycles. The third kappa shape index (κ3) is 3.24. The van der Waals surface area contributed by atoms with E-state index in [9.17, 15) is 9.90 Å². The van der Waals surface area contributed by atoms with Gasteiger partial charge in [-0.1, -0.05) is 26.0 Å². The molecule has 0 aliphatic heterocycles. The fourth-order valence-corrected chi connectivity index (χ4v) is 2.31. The average Bonchev–Trinajstić information content (AvgIpc) is 2.95. The zero-order valence-corrected chi connectivity index (χ0v) is 12.8. The first kappa shape index (κ1) is 15.5. The second-order valence-electron chi connectivity index (χ2n) is 5.47. The third-order valence-corrected chi connectivity index (χ3v) is 4.19. The molecule has 1 amide bonds. The average molecular weight is 289 g/mol. The number of hydrogen-bond acceptors (Lipinski definition) is 3. The number of carbonyl (C=O) groups excluding carboxylic acids is 1. The van der Waals surface area contributed by atoms with Crippen molar-refractivity contribution in [2.24, 2.45) is 0 Å². The van der Waals surface area contributed by atoms with Gasteiger partial charge in [-0.15, -0.1) is 0 Å². The van der Waals surface area contributed by atoms with E-state index in [4.69, 9.17) is 0 Å². The minimum Gasteiger partial charge on any atom is -0.388 e. The smallest absolute Gasteiger partial charge is 0.242 e. The molecule has 0 spiro atoms. The van der Waals surface area contributed by atoms with Gasteiger partial charge < -0.3 is 15.0 Å². The summed E-state index contributed by atoms with van der Waals surface area (Å²) in [7, 11) is 0. The van der Waals surface area contributed by atoms with Crippen LogP contribution in [0.2, 0.25) is 0 Å². The van der Waals surface area contributed by atoms with Crippen molar-refractivity contribution in [1.29, 1.82) is 0 Å². The zero-order valence-electron chi connectivity index (χ0n) is 12.8. The number of fused-ring (bicyclic) bond motifs is 1. The Morgan fingerprint density at radius 1 is 1.38 bits per heavy atom. The van der Waals surface area contributed by atoms with Crippen molar-refractivity contribution in [1.82, 2.24) is 14.9 Å². The Kier molecular flexibility index (Phi) is 4.63. The van der Waals surface area contributed by atoms with Crippen molar-refractivity contribution < 1.29 is 9.90 Å². The Morgan fingerprint density at radius 3 is 2.71 bits per heavy atom. The van der Waals surface area contributed by atoms with Gasteiger partial charge in [-0.3, -0.25) is 4.79 Å². The van der Waals surface area contributed by atoms with Crippen LogP contribution in [0.25, 0.3) is 11.0 Å². The fourth-order valence-electron chi connectivity index (χ4n) is 2.31. The standard InChI is InChI=1S/C16H23N3O2/c1-4-16(21,5-2)10-17-15(20)12(3)19-11-18-13-8-6-7-9-14(13)19/h6-9,11-12,21H,4-5,10H2,1-3H3,(H,17,20). The number of rotatable bonds is 6. The van der Waals surface area contributed by atoms with E-state index >= 15 is 0 Å². The van der Waals surface area contributed by atoms with Gasteiger partial charge in [-0.05, 0) is 31.9 Å². The number of carbonyl (C=O) groups is 1. The number of nitrogens with zero attached hydrogens (tertiary/aromatic N) is 2. The van der Waals surface area contributed by atoms with Crippen molar-refractivity contribution in [3.63, 3.8) is 0 Å². The van der Waals surface area contributed by atoms with E-state index in [-0.39, 0.29) is 18.5 Å². The van der Waals surface area contributed by atoms with Crippen molar-refractivity contribution in [3.05, 3.63) is 30.6 Å². The molecule has 2 N–H and O–H groups in total. The zero-order chi connectivity index (χ0) is 15.5. The van der Waals surface area contributed by atoms with E-state index in [1.54, 1.807) is 6.33 Å². The van der Waals surface area contributed by atoms with Gasteiger partial charge in [0, 0.05) is 6.54 Å². The molecule has 2 aromatic rings. The minimum absolute atomic E-state index is 0.113. The van der Waals surface area contributed by atoms with Crippen LogP contribution in [0.1, 0.15) is 39.7 Å². The Morgan fingerprint density at radius 2 is 2.05 bits per heavy atom. The summed E-state index contributed by atoms with van der Waals surface area (Å²) in [5.74, 6) is -0.113. The van der Waals surface area contributed by atoms with Crippen molar-refractivity contribution >= 4 is 16.9 Å². The Balaban J connectivity index is 2.09. The van der Waals surface area contributed by atoms with Crippen LogP contribution in [0.3, 0.4) is 0 Å². The molecule has 114 valence electrons. The molecule has 1 atom stereocenters. The molecule has 0 radical (unpaired) electrons. The Hall–Kier alpha value is -1.88. The van der Waals surface area contributed by atoms with Crippen LogP contribution in [-0.4, -0.2) is 32.7 Å². The predicted molar refractivity (Wildman–Crippen MR) is 83.0 cm³/mol. The van der Waals surface area contributed by atoms with Gasteiger partial charge in [-0.25, -0.2) is 4.98 Å². The van der Waals surface area contributed by atoms with Crippen LogP contribution < -0.4 is 5.32 Å². The van der Waals surface area contributed by atoms with E-state index in [1.807, 2.05) is 49.6 Å². The normalized spacial score (nSPS) is 13.3. The number of amides is 1. The van der Waals surface area contributed by atoms with Gasteiger partial charge >= 0.3 is 0 Å². The van der Waals surface area contributed by atoms with E-state index in [0.29, 0.717) is 12.8 Å². The number of aromatic nitrogens is 2. The molecule has 0 aliphatic rings. The largest absolute Gasteiger partial charge is 0.388 e. The van der Waals surface area contributed by atoms with Gasteiger partial charge in [0.2, 0.25) is 5.91 Å². The highest BCUT2D eigenvalue weighted by molar-refractivity contribution is 5.83. The molecule has 21 heavy (non-hydrogen) atoms. The Bertz CT molecular complexity index is 617. The molecular formula is C16H23N3O2. The van der Waals surface area contributed by atoms with Gasteiger partial charge in [0.25, 0.3) is 0 Å². The molecule has 0 fully saturated rings. The molecule has 1 aromatic heterocycles. The lowest BCUT2D eigenvalue weighted by Crippen LogP contribution is -2.43. The maximum absolute atomic E-state index is 12.3. The lowest BCUT2D eigenvalue weighted by Gasteiger charge is -2.26. The molecule has 2 rings (SSSR count). The lowest BCUT2D eigenvalue weighted by atomic mass is 9.97. The van der Waals surface area contributed by atoms with Crippen LogP contribution in [0.5, 0.6) is 0 Å². The lowest BCUT2D eigenvalue weighted by molar-refractivity contribution is -0.125. The van der Waals surface area contributed by atoms with Crippen LogP contribution in [-0.2, 0) is 4.79 Å². The van der Waals surface area contributed by atoms with Gasteiger partial charge in [-0.2, -0.15) is 0 Å². The maximum Gasteiger partial charge on any atom is 0.242 e. The fraction of sp³-hybridized carbons (Fsp3) is 0.500. The van der Waals surface area contributed by atoms with Crippen LogP contribution >= 0.6 is 0 Å². The highest BCUT2D eigenvalue weighted by Gasteiger charge is 2.25. The van der Waals surface area contributed by atoms with Crippen molar-refractivity contribution in [2.75, 3.05) is 6.54 Å². The first-order valence-electron chi connectivity index (χ1n) is 7.42. The molecule has 5 nitrogen and oxygen atoms in total. The van der Waals surface area contributed by atoms with E-state index in [2.05, 4.69) is 10.3 Å². The summed E-state index contributed by atoms with van der Waals surface area (Å²) in [6.07, 6.45) is 2.92. The summed E-state index contributed by atoms with van der Waals surface area (Å²) in [5.41, 5.74) is 0.976. The molecular weight excluding hydrogens is 266 g/mol. The second kappa shape index (κ2) is 6.26. The molecule has 1 aromatic carbocycles. The summed E-state index contributed by atoms with van der Waals surface area (Å²) >= 11 is 0. The summed E-state index contributed by atoms with van der Waals surface area (Å²) in [4.78, 5) is 16.6. The first-order chi connectivity index (χ1) is 10.0. The van der Waals surface area contributed by atoms with Crippen molar-refractivity contribution in [2.45, 2.75) is 45.3 Å². The molecule has 0 aliphatic carbocycles. The summed E-state index contributed by atoms with van der Waals surface area (Å²) in [5, 5.41) is 13.1. The summed E-state index contributed by atoms with van der Waals surface area (Å²) < 4.78 is 1.85. The molecule has 1 heterocycles. The van der Waals surface area contributed by atoms with Crippen molar-refractivity contribution in [3.8, 4) is 0 Å². The van der Waals surface area contributed by atoms with E-state index in [1.165, 1.54) is 0 Å². The SMILES string of the molecule is CCC(O)(CC)CNC(=O)C(C)n1cnc2ccccc21. The number of aliphatic hydroxyl groups is 1. The summed E-state index contributed by atoms with van der Waals surface area (Å²) in [6, 6.07) is 7.35. The maximum atomic E-state index is 12.3. The quantitative estimate of drug-likeness (QED) is 0.857. The second-order valence-corrected chi connectivity index (χ2v) is 5.47. The number of benzene rings is 1. The van der Waals surface area contributed by atoms with E-state index in [0.717, 1.165) is 11.0 Å². The number of nitrogens with one attached hydrogen (secondary N) is 1. The first-order valence-corrected chi connectivity index (χ1v) is 7.42. The Labute approximate surface area is 125 Å². The number of hydrogen-bond donors (Lipinski definition) is 2.